The average Bonchev–Trinajstić information content (AvgIpc) is 2.62. The molecule has 26 heavy (non-hydrogen) atoms. The fourth-order valence-corrected chi connectivity index (χ4v) is 2.59. The zero-order chi connectivity index (χ0) is 19.3. The van der Waals surface area contributed by atoms with E-state index in [-0.39, 0.29) is 13.0 Å². The second kappa shape index (κ2) is 19.5. The van der Waals surface area contributed by atoms with Crippen molar-refractivity contribution in [3.63, 3.8) is 0 Å². The van der Waals surface area contributed by atoms with Crippen LogP contribution in [0.4, 0.5) is 0 Å². The molecule has 0 aliphatic carbocycles. The van der Waals surface area contributed by atoms with Gasteiger partial charge in [0.1, 0.15) is 0 Å². The summed E-state index contributed by atoms with van der Waals surface area (Å²) in [5.74, 6) is -0.714. The minimum absolute atomic E-state index is 0.167. The molecule has 0 spiro atoms. The summed E-state index contributed by atoms with van der Waals surface area (Å²) in [6, 6.07) is 0. The quantitative estimate of drug-likeness (QED) is 0.103. The minimum atomic E-state index is -0.714. The second-order valence-corrected chi connectivity index (χ2v) is 6.57. The molecule has 6 heteroatoms. The second-order valence-electron chi connectivity index (χ2n) is 6.57. The first-order valence-corrected chi connectivity index (χ1v) is 9.87. The fourth-order valence-electron chi connectivity index (χ4n) is 2.59. The van der Waals surface area contributed by atoms with E-state index >= 15 is 0 Å². The lowest BCUT2D eigenvalue weighted by molar-refractivity contribution is -0.137. The Bertz CT molecular complexity index is 444. The van der Waals surface area contributed by atoms with Gasteiger partial charge in [-0.25, -0.2) is 0 Å². The van der Waals surface area contributed by atoms with E-state index < -0.39 is 12.1 Å². The van der Waals surface area contributed by atoms with Gasteiger partial charge in [0.2, 0.25) is 0 Å². The smallest absolute Gasteiger partial charge is 0.303 e. The van der Waals surface area contributed by atoms with Crippen LogP contribution in [0.5, 0.6) is 0 Å². The summed E-state index contributed by atoms with van der Waals surface area (Å²) >= 11 is 0. The molecule has 1 atom stereocenters. The molecular formula is C20H35N3O3. The van der Waals surface area contributed by atoms with Gasteiger partial charge in [0.05, 0.1) is 12.6 Å². The summed E-state index contributed by atoms with van der Waals surface area (Å²) in [6.45, 7) is 0.167. The first-order valence-electron chi connectivity index (χ1n) is 9.87. The first kappa shape index (κ1) is 24.2. The summed E-state index contributed by atoms with van der Waals surface area (Å²) in [5, 5.41) is 21.4. The average molecular weight is 366 g/mol. The number of unbranched alkanes of at least 4 members (excludes halogenated alkanes) is 8. The largest absolute Gasteiger partial charge is 0.481 e. The van der Waals surface area contributed by atoms with Gasteiger partial charge in [0.15, 0.2) is 0 Å². The number of carboxylic acid groups (broad SMARTS) is 1. The van der Waals surface area contributed by atoms with Crippen LogP contribution >= 0.6 is 0 Å². The maximum absolute atomic E-state index is 10.4. The van der Waals surface area contributed by atoms with Crippen molar-refractivity contribution in [3.8, 4) is 0 Å². The van der Waals surface area contributed by atoms with Crippen LogP contribution in [-0.4, -0.2) is 28.8 Å². The summed E-state index contributed by atoms with van der Waals surface area (Å²) in [6.07, 6.45) is 21.0. The van der Waals surface area contributed by atoms with E-state index in [1.807, 2.05) is 0 Å². The minimum Gasteiger partial charge on any atom is -0.481 e. The highest BCUT2D eigenvalue weighted by atomic mass is 16.4. The molecule has 0 amide bonds. The van der Waals surface area contributed by atoms with Crippen molar-refractivity contribution in [2.45, 2.75) is 89.6 Å². The van der Waals surface area contributed by atoms with Gasteiger partial charge in [-0.1, -0.05) is 48.7 Å². The van der Waals surface area contributed by atoms with E-state index in [1.54, 1.807) is 0 Å². The molecule has 0 bridgehead atoms. The molecular weight excluding hydrogens is 330 g/mol. The normalized spacial score (nSPS) is 12.5. The van der Waals surface area contributed by atoms with Gasteiger partial charge in [0.25, 0.3) is 0 Å². The molecule has 0 fully saturated rings. The Balaban J connectivity index is 3.26. The lowest BCUT2D eigenvalue weighted by Crippen LogP contribution is -2.09. The van der Waals surface area contributed by atoms with E-state index in [4.69, 9.17) is 10.6 Å². The number of aliphatic hydroxyl groups is 1. The maximum atomic E-state index is 10.4. The molecule has 2 N–H and O–H groups in total. The van der Waals surface area contributed by atoms with E-state index in [1.165, 1.54) is 32.1 Å². The van der Waals surface area contributed by atoms with Gasteiger partial charge in [-0.05, 0) is 63.3 Å². The van der Waals surface area contributed by atoms with Crippen LogP contribution in [0, 0.1) is 0 Å². The van der Waals surface area contributed by atoms with Crippen molar-refractivity contribution < 1.29 is 15.0 Å². The Labute approximate surface area is 157 Å². The molecule has 0 unspecified atom stereocenters. The molecule has 0 aromatic heterocycles. The van der Waals surface area contributed by atoms with Gasteiger partial charge >= 0.3 is 5.97 Å². The van der Waals surface area contributed by atoms with Gasteiger partial charge in [0, 0.05) is 11.3 Å². The van der Waals surface area contributed by atoms with Crippen LogP contribution in [0.1, 0.15) is 83.5 Å². The lowest BCUT2D eigenvalue weighted by atomic mass is 10.1. The van der Waals surface area contributed by atoms with Crippen molar-refractivity contribution in [3.05, 3.63) is 34.7 Å². The van der Waals surface area contributed by atoms with Gasteiger partial charge in [-0.15, -0.1) is 0 Å². The molecule has 0 rings (SSSR count). The molecule has 148 valence electrons. The van der Waals surface area contributed by atoms with Crippen LogP contribution in [0.2, 0.25) is 0 Å². The van der Waals surface area contributed by atoms with Crippen molar-refractivity contribution in [2.24, 2.45) is 5.11 Å². The standard InChI is InChI=1S/C20H35N3O3/c21-23-22-18-19(24)16-14-12-10-8-6-4-2-1-3-5-7-9-11-13-15-17-20(25)26/h8-11,19,24H,1-7,12-18H2,(H,25,26)/b10-8-,11-9-/t19-/m0/s1. The molecule has 0 aliphatic heterocycles. The fraction of sp³-hybridized carbons (Fsp3) is 0.750. The monoisotopic (exact) mass is 365 g/mol. The molecule has 0 aromatic rings. The number of carbonyl (C=O) groups is 1. The highest BCUT2D eigenvalue weighted by Gasteiger charge is 2.00. The number of nitrogens with zero attached hydrogens (tertiary/aromatic N) is 3. The molecule has 0 heterocycles. The van der Waals surface area contributed by atoms with Gasteiger partial charge in [-0.2, -0.15) is 0 Å². The maximum Gasteiger partial charge on any atom is 0.303 e. The van der Waals surface area contributed by atoms with Crippen LogP contribution < -0.4 is 0 Å². The Hall–Kier alpha value is -1.78. The zero-order valence-electron chi connectivity index (χ0n) is 15.9. The molecule has 0 aliphatic rings. The Morgan fingerprint density at radius 1 is 0.885 bits per heavy atom. The molecule has 6 nitrogen and oxygen atoms in total. The van der Waals surface area contributed by atoms with Crippen LogP contribution in [0.3, 0.4) is 0 Å². The number of carboxylic acids is 1. The summed E-state index contributed by atoms with van der Waals surface area (Å²) in [4.78, 5) is 13.0. The van der Waals surface area contributed by atoms with Crippen LogP contribution in [0.25, 0.3) is 10.4 Å². The number of allylic oxidation sites excluding steroid dienone is 4. The van der Waals surface area contributed by atoms with E-state index in [2.05, 4.69) is 34.3 Å². The van der Waals surface area contributed by atoms with Crippen LogP contribution in [-0.2, 0) is 4.79 Å². The van der Waals surface area contributed by atoms with Crippen molar-refractivity contribution in [1.82, 2.24) is 0 Å². The first-order chi connectivity index (χ1) is 12.7. The van der Waals surface area contributed by atoms with Crippen LogP contribution in [0.15, 0.2) is 29.4 Å². The predicted molar refractivity (Wildman–Crippen MR) is 106 cm³/mol. The van der Waals surface area contributed by atoms with Crippen molar-refractivity contribution in [2.75, 3.05) is 6.54 Å². The molecule has 0 aromatic carbocycles. The number of aliphatic hydroxyl groups excluding tert-OH is 1. The van der Waals surface area contributed by atoms with Crippen molar-refractivity contribution in [1.29, 1.82) is 0 Å². The SMILES string of the molecule is [N-]=[N+]=NC[C@@H](O)CCC/C=C\CCCCCCC/C=C\CCCC(=O)O. The number of hydrogen-bond donors (Lipinski definition) is 2. The Morgan fingerprint density at radius 3 is 1.92 bits per heavy atom. The zero-order valence-corrected chi connectivity index (χ0v) is 15.9. The van der Waals surface area contributed by atoms with E-state index in [0.717, 1.165) is 38.5 Å². The molecule has 0 saturated heterocycles. The topological polar surface area (TPSA) is 106 Å². The summed E-state index contributed by atoms with van der Waals surface area (Å²) in [5.41, 5.74) is 8.16. The predicted octanol–water partition coefficient (Wildman–Crippen LogP) is 5.93. The molecule has 0 radical (unpaired) electrons. The lowest BCUT2D eigenvalue weighted by Gasteiger charge is -2.04. The van der Waals surface area contributed by atoms with E-state index in [0.29, 0.717) is 6.42 Å². The highest BCUT2D eigenvalue weighted by Crippen LogP contribution is 2.09. The van der Waals surface area contributed by atoms with Gasteiger partial charge in [-0.3, -0.25) is 4.79 Å². The number of azide groups is 1. The Kier molecular flexibility index (Phi) is 18.2. The van der Waals surface area contributed by atoms with Gasteiger partial charge < -0.3 is 10.2 Å². The third kappa shape index (κ3) is 20.3. The van der Waals surface area contributed by atoms with E-state index in [9.17, 15) is 9.90 Å². The number of rotatable bonds is 18. The third-order valence-electron chi connectivity index (χ3n) is 4.10. The molecule has 0 saturated carbocycles. The Morgan fingerprint density at radius 2 is 1.38 bits per heavy atom. The van der Waals surface area contributed by atoms with Crippen molar-refractivity contribution >= 4 is 5.97 Å². The third-order valence-corrected chi connectivity index (χ3v) is 4.10. The highest BCUT2D eigenvalue weighted by molar-refractivity contribution is 5.66. The number of aliphatic carboxylic acids is 1. The number of hydrogen-bond acceptors (Lipinski definition) is 3. The summed E-state index contributed by atoms with van der Waals surface area (Å²) < 4.78 is 0. The summed E-state index contributed by atoms with van der Waals surface area (Å²) in [7, 11) is 0.